The third-order valence-electron chi connectivity index (χ3n) is 3.71. The summed E-state index contributed by atoms with van der Waals surface area (Å²) in [5, 5.41) is 4.53. The van der Waals surface area contributed by atoms with E-state index < -0.39 is 0 Å². The van der Waals surface area contributed by atoms with Crippen molar-refractivity contribution in [3.05, 3.63) is 33.6 Å². The summed E-state index contributed by atoms with van der Waals surface area (Å²) in [6.45, 7) is 5.41. The van der Waals surface area contributed by atoms with Crippen molar-refractivity contribution in [1.82, 2.24) is 19.7 Å². The summed E-state index contributed by atoms with van der Waals surface area (Å²) in [5.41, 5.74) is 9.54. The van der Waals surface area contributed by atoms with Crippen LogP contribution >= 0.6 is 13.5 Å². The molecule has 0 bridgehead atoms. The van der Waals surface area contributed by atoms with Crippen LogP contribution in [0, 0.1) is 0 Å². The maximum atomic E-state index is 12.4. The number of rotatable bonds is 4. The SMILES string of the molecule is CN(C)N=[N+]=[N-].O=C1C=C(N2CC2)C(=O)C(N2CC2)=C1N1CC1.S. The number of carbonyl (C=O) groups is 2. The van der Waals surface area contributed by atoms with Crippen molar-refractivity contribution in [2.45, 2.75) is 0 Å². The molecule has 0 aromatic heterocycles. The van der Waals surface area contributed by atoms with E-state index in [0.29, 0.717) is 17.1 Å². The van der Waals surface area contributed by atoms with Crippen molar-refractivity contribution in [1.29, 1.82) is 0 Å². The minimum atomic E-state index is 0. The molecule has 0 unspecified atom stereocenters. The normalized spacial score (nSPS) is 20.4. The van der Waals surface area contributed by atoms with Crippen LogP contribution in [0.25, 0.3) is 10.4 Å². The second-order valence-electron chi connectivity index (χ2n) is 5.91. The predicted octanol–water partition coefficient (Wildman–Crippen LogP) is 0.0666. The van der Waals surface area contributed by atoms with Crippen molar-refractivity contribution in [3.8, 4) is 0 Å². The highest BCUT2D eigenvalue weighted by Crippen LogP contribution is 2.33. The summed E-state index contributed by atoms with van der Waals surface area (Å²) in [6, 6.07) is 0. The zero-order valence-electron chi connectivity index (χ0n) is 13.8. The van der Waals surface area contributed by atoms with Crippen LogP contribution in [0.1, 0.15) is 0 Å². The first kappa shape index (κ1) is 18.0. The van der Waals surface area contributed by atoms with E-state index in [1.807, 2.05) is 14.7 Å². The second-order valence-corrected chi connectivity index (χ2v) is 5.91. The topological polar surface area (TPSA) is 95.2 Å². The fourth-order valence-electron chi connectivity index (χ4n) is 2.36. The molecule has 3 heterocycles. The van der Waals surface area contributed by atoms with Gasteiger partial charge in [-0.25, -0.2) is 0 Å². The molecule has 0 amide bonds. The van der Waals surface area contributed by atoms with E-state index in [4.69, 9.17) is 5.53 Å². The summed E-state index contributed by atoms with van der Waals surface area (Å²) in [4.78, 5) is 33.0. The minimum Gasteiger partial charge on any atom is -0.365 e. The van der Waals surface area contributed by atoms with Gasteiger partial charge in [0.05, 0.1) is 19.8 Å². The molecule has 3 fully saturated rings. The van der Waals surface area contributed by atoms with E-state index in [1.54, 1.807) is 14.1 Å². The lowest BCUT2D eigenvalue weighted by atomic mass is 10.0. The smallest absolute Gasteiger partial charge is 0.227 e. The van der Waals surface area contributed by atoms with Crippen LogP contribution in [0.2, 0.25) is 0 Å². The fraction of sp³-hybridized carbons (Fsp3) is 0.571. The number of Topliss-reactive ketones (excluding diaryl/α,β-unsaturated/α-hetero) is 1. The van der Waals surface area contributed by atoms with E-state index in [0.717, 1.165) is 39.3 Å². The average molecular weight is 351 g/mol. The lowest BCUT2D eigenvalue weighted by Gasteiger charge is -2.21. The van der Waals surface area contributed by atoms with Gasteiger partial charge in [-0.2, -0.15) is 18.4 Å². The van der Waals surface area contributed by atoms with Crippen LogP contribution < -0.4 is 0 Å². The standard InChI is InChI=1S/C12H13N3O2.C2H6N4.H2S/c16-9-7-8(13-1-2-13)12(17)11(15-5-6-15)10(9)14-3-4-14;1-6(2)5-4-3;/h7H,1-6H2;1-2H3;1H2. The minimum absolute atomic E-state index is 0. The van der Waals surface area contributed by atoms with Crippen LogP contribution in [0.3, 0.4) is 0 Å². The molecule has 0 atom stereocenters. The van der Waals surface area contributed by atoms with Crippen molar-refractivity contribution >= 4 is 25.1 Å². The highest BCUT2D eigenvalue weighted by molar-refractivity contribution is 7.59. The molecule has 9 nitrogen and oxygen atoms in total. The van der Waals surface area contributed by atoms with E-state index in [2.05, 4.69) is 10.1 Å². The first-order valence-corrected chi connectivity index (χ1v) is 7.55. The van der Waals surface area contributed by atoms with Crippen molar-refractivity contribution in [2.24, 2.45) is 5.22 Å². The van der Waals surface area contributed by atoms with Gasteiger partial charge in [0.2, 0.25) is 11.6 Å². The molecule has 4 rings (SSSR count). The van der Waals surface area contributed by atoms with Gasteiger partial charge in [-0.1, -0.05) is 0 Å². The zero-order chi connectivity index (χ0) is 16.6. The molecule has 4 aliphatic rings. The molecule has 10 heteroatoms. The Labute approximate surface area is 147 Å². The Balaban J connectivity index is 0.000000261. The van der Waals surface area contributed by atoms with E-state index in [-0.39, 0.29) is 25.1 Å². The van der Waals surface area contributed by atoms with E-state index in [1.165, 1.54) is 11.1 Å². The molecule has 3 saturated heterocycles. The summed E-state index contributed by atoms with van der Waals surface area (Å²) in [7, 11) is 3.33. The van der Waals surface area contributed by atoms with Crippen LogP contribution in [0.15, 0.2) is 28.4 Å². The van der Waals surface area contributed by atoms with Gasteiger partial charge in [-0.15, -0.1) is 5.53 Å². The molecule has 0 radical (unpaired) electrons. The Kier molecular flexibility index (Phi) is 5.30. The molecule has 0 aromatic carbocycles. The van der Waals surface area contributed by atoms with Crippen molar-refractivity contribution in [3.63, 3.8) is 0 Å². The number of ketones is 2. The van der Waals surface area contributed by atoms with Gasteiger partial charge >= 0.3 is 0 Å². The van der Waals surface area contributed by atoms with Crippen LogP contribution in [-0.2, 0) is 9.59 Å². The summed E-state index contributed by atoms with van der Waals surface area (Å²) in [5.74, 6) is 0.0485. The number of allylic oxidation sites excluding steroid dienone is 1. The Morgan fingerprint density at radius 3 is 1.88 bits per heavy atom. The maximum absolute atomic E-state index is 12.4. The number of azide groups is 1. The molecule has 0 aromatic rings. The quantitative estimate of drug-likeness (QED) is 0.178. The monoisotopic (exact) mass is 351 g/mol. The Morgan fingerprint density at radius 2 is 1.50 bits per heavy atom. The van der Waals surface area contributed by atoms with Crippen LogP contribution in [-0.4, -0.2) is 84.6 Å². The summed E-state index contributed by atoms with van der Waals surface area (Å²) >= 11 is 0. The number of carbonyl (C=O) groups excluding carboxylic acids is 2. The third-order valence-corrected chi connectivity index (χ3v) is 3.71. The lowest BCUT2D eigenvalue weighted by molar-refractivity contribution is -0.117. The van der Waals surface area contributed by atoms with Crippen molar-refractivity contribution < 1.29 is 9.59 Å². The molecule has 3 aliphatic heterocycles. The molecular formula is C14H21N7O2S. The second kappa shape index (κ2) is 7.06. The summed E-state index contributed by atoms with van der Waals surface area (Å²) < 4.78 is 0. The van der Waals surface area contributed by atoms with E-state index >= 15 is 0 Å². The maximum Gasteiger partial charge on any atom is 0.227 e. The third kappa shape index (κ3) is 3.95. The van der Waals surface area contributed by atoms with Gasteiger partial charge in [-0.3, -0.25) is 14.6 Å². The molecule has 0 N–H and O–H groups in total. The molecule has 1 aliphatic carbocycles. The number of hydrogen-bond acceptors (Lipinski definition) is 6. The Morgan fingerprint density at radius 1 is 1.00 bits per heavy atom. The summed E-state index contributed by atoms with van der Waals surface area (Å²) in [6.07, 6.45) is 1.52. The largest absolute Gasteiger partial charge is 0.365 e. The van der Waals surface area contributed by atoms with Gasteiger partial charge in [-0.05, 0) is 5.22 Å². The zero-order valence-corrected chi connectivity index (χ0v) is 14.8. The first-order valence-electron chi connectivity index (χ1n) is 7.55. The molecule has 130 valence electrons. The highest BCUT2D eigenvalue weighted by atomic mass is 32.1. The van der Waals surface area contributed by atoms with Gasteiger partial charge in [0.1, 0.15) is 11.4 Å². The number of hydrogen-bond donors (Lipinski definition) is 0. The molecule has 0 spiro atoms. The molecule has 24 heavy (non-hydrogen) atoms. The van der Waals surface area contributed by atoms with E-state index in [9.17, 15) is 9.59 Å². The van der Waals surface area contributed by atoms with Crippen LogP contribution in [0.5, 0.6) is 0 Å². The van der Waals surface area contributed by atoms with Gasteiger partial charge in [0.25, 0.3) is 0 Å². The highest BCUT2D eigenvalue weighted by Gasteiger charge is 2.43. The molecular weight excluding hydrogens is 330 g/mol. The fourth-order valence-corrected chi connectivity index (χ4v) is 2.36. The average Bonchev–Trinajstić information content (AvgIpc) is 3.37. The van der Waals surface area contributed by atoms with Gasteiger partial charge in [0, 0.05) is 45.3 Å². The van der Waals surface area contributed by atoms with Gasteiger partial charge in [0.15, 0.2) is 0 Å². The first-order chi connectivity index (χ1) is 11.0. The Bertz CT molecular complexity index is 654. The van der Waals surface area contributed by atoms with Gasteiger partial charge < -0.3 is 14.7 Å². The molecule has 0 saturated carbocycles. The Hall–Kier alpha value is -2.32. The van der Waals surface area contributed by atoms with Crippen LogP contribution in [0.4, 0.5) is 0 Å². The lowest BCUT2D eigenvalue weighted by Crippen LogP contribution is -2.29. The predicted molar refractivity (Wildman–Crippen MR) is 93.1 cm³/mol. The number of nitrogens with zero attached hydrogens (tertiary/aromatic N) is 7. The van der Waals surface area contributed by atoms with Crippen molar-refractivity contribution in [2.75, 3.05) is 53.4 Å².